The number of hydrogen-bond donors (Lipinski definition) is 15. The van der Waals surface area contributed by atoms with E-state index in [9.17, 15) is 90.0 Å². The third-order valence-corrected chi connectivity index (χ3v) is 13.3. The van der Waals surface area contributed by atoms with E-state index in [1.54, 1.807) is 0 Å². The minimum Gasteiger partial charge on any atom is -0.507 e. The number of unbranched alkanes of at least 4 members (excludes halogenated alkanes) is 5. The van der Waals surface area contributed by atoms with Gasteiger partial charge in [-0.25, -0.2) is 9.18 Å². The molecule has 4 saturated heterocycles. The van der Waals surface area contributed by atoms with Gasteiger partial charge in [0.05, 0.1) is 50.7 Å². The highest BCUT2D eigenvalue weighted by molar-refractivity contribution is 5.97. The van der Waals surface area contributed by atoms with Gasteiger partial charge in [-0.1, -0.05) is 25.7 Å². The Kier molecular flexibility index (Phi) is 23.2. The summed E-state index contributed by atoms with van der Waals surface area (Å²) >= 11 is 0. The highest BCUT2D eigenvalue weighted by Crippen LogP contribution is 2.39. The maximum absolute atomic E-state index is 14.6. The smallest absolute Gasteiger partial charge is 0.364 e. The number of carboxylic acids is 1. The van der Waals surface area contributed by atoms with E-state index in [1.165, 1.54) is 14.0 Å². The van der Waals surface area contributed by atoms with E-state index < -0.39 is 189 Å². The third-order valence-electron chi connectivity index (χ3n) is 13.3. The Bertz CT molecular complexity index is 2010. The molecule has 0 saturated carbocycles. The van der Waals surface area contributed by atoms with Gasteiger partial charge in [0.2, 0.25) is 5.91 Å². The zero-order valence-corrected chi connectivity index (χ0v) is 41.3. The fraction of sp³-hybridized carbons (Fsp3) is 0.783. The van der Waals surface area contributed by atoms with Crippen molar-refractivity contribution in [3.05, 3.63) is 29.6 Å². The monoisotopic (exact) mass is 1090 g/mol. The first-order chi connectivity index (χ1) is 35.5. The molecule has 4 aliphatic heterocycles. The topological polar surface area (TPSA) is 438 Å². The maximum atomic E-state index is 14.6. The predicted octanol–water partition coefficient (Wildman–Crippen LogP) is -5.16. The van der Waals surface area contributed by atoms with Crippen LogP contribution in [0, 0.1) is 5.82 Å². The minimum absolute atomic E-state index is 0.102. The fourth-order valence-corrected chi connectivity index (χ4v) is 9.18. The molecular formula is C46H71FN2O26. The minimum atomic E-state index is -3.19. The van der Waals surface area contributed by atoms with Gasteiger partial charge < -0.3 is 120 Å². The Labute approximate surface area is 428 Å². The van der Waals surface area contributed by atoms with Gasteiger partial charge in [-0.15, -0.1) is 0 Å². The number of phenols is 1. The molecule has 0 radical (unpaired) electrons. The van der Waals surface area contributed by atoms with Crippen LogP contribution in [-0.2, 0) is 57.0 Å². The van der Waals surface area contributed by atoms with E-state index in [4.69, 9.17) is 37.9 Å². The molecule has 28 nitrogen and oxygen atoms in total. The molecule has 0 spiro atoms. The van der Waals surface area contributed by atoms with Crippen molar-refractivity contribution in [3.63, 3.8) is 0 Å². The quantitative estimate of drug-likeness (QED) is 0.0322. The molecule has 0 aromatic heterocycles. The Morgan fingerprint density at radius 1 is 0.773 bits per heavy atom. The number of aliphatic hydroxyl groups is 11. The van der Waals surface area contributed by atoms with Crippen molar-refractivity contribution in [2.24, 2.45) is 0 Å². The first-order valence-corrected chi connectivity index (χ1v) is 24.4. The molecule has 428 valence electrons. The summed E-state index contributed by atoms with van der Waals surface area (Å²) in [4.78, 5) is 50.8. The van der Waals surface area contributed by atoms with Crippen molar-refractivity contribution in [2.75, 3.05) is 33.5 Å². The lowest BCUT2D eigenvalue weighted by atomic mass is 9.88. The van der Waals surface area contributed by atoms with Crippen LogP contribution in [-0.4, -0.2) is 252 Å². The van der Waals surface area contributed by atoms with Crippen LogP contribution >= 0.6 is 0 Å². The number of rotatable bonds is 25. The molecule has 14 unspecified atom stereocenters. The number of benzene rings is 1. The molecule has 5 rings (SSSR count). The molecule has 75 heavy (non-hydrogen) atoms. The number of hydrogen-bond acceptors (Lipinski definition) is 25. The number of carbonyl (C=O) groups is 4. The second-order valence-electron chi connectivity index (χ2n) is 18.8. The standard InChI is InChI=1S/C46H71FN2O26/c1-19-31(58)34(61)35(62)43(69-19)73-39-30(49-41(64)22-14-21(47)11-12-23(22)54)42(68-13-9-7-5-4-6-8-10-28(57)67-3)71-27(18-52)37(39)72-44-36(63)40(33(60)26(17-51)70-44)75-46(45(65)66)15-24(55)29(48-20(2)53)38(74-46)32(59)25(56)16-50/h11-12,14,19,24-27,29-40,42-44,50-52,54-56,58-63H,4-10,13,15-18H2,1-3H3,(H,48,53)(H,49,64)(H,65,66)/t19?,24?,25?,26?,27?,29-,30?,31-,32?,33+,34?,35?,36?,37-,38?,39?,40?,42-,43+,44?,46+/m1/s1. The van der Waals surface area contributed by atoms with Gasteiger partial charge in [-0.3, -0.25) is 14.4 Å². The van der Waals surface area contributed by atoms with Crippen LogP contribution in [0.3, 0.4) is 0 Å². The van der Waals surface area contributed by atoms with Crippen molar-refractivity contribution >= 4 is 23.8 Å². The molecule has 4 aliphatic rings. The number of aliphatic carboxylic acids is 1. The van der Waals surface area contributed by atoms with Gasteiger partial charge in [0.1, 0.15) is 97.0 Å². The van der Waals surface area contributed by atoms with Crippen molar-refractivity contribution in [1.82, 2.24) is 10.6 Å². The second kappa shape index (κ2) is 28.1. The summed E-state index contributed by atoms with van der Waals surface area (Å²) in [7, 11) is 1.29. The lowest BCUT2D eigenvalue weighted by Gasteiger charge is -2.51. The van der Waals surface area contributed by atoms with E-state index in [0.717, 1.165) is 31.9 Å². The highest BCUT2D eigenvalue weighted by atomic mass is 19.1. The first kappa shape index (κ1) is 61.9. The number of aromatic hydroxyl groups is 1. The van der Waals surface area contributed by atoms with E-state index >= 15 is 0 Å². The van der Waals surface area contributed by atoms with Gasteiger partial charge in [-0.2, -0.15) is 0 Å². The molecule has 1 aromatic carbocycles. The SMILES string of the molecule is COC(=O)CCCCCCCCO[C@@H]1OC(CO)[C@@H](OC2OC(CO)[C@H](O)C(O[C@]3(C(=O)O)CC(O)[C@@H](NC(C)=O)C(C(O)C(O)CO)O3)C2O)C(O[C@@H]2OC(C)[C@@H](O)C(O)C2O)C1NC(=O)c1cc(F)ccc1O. The highest BCUT2D eigenvalue weighted by Gasteiger charge is 2.61. The van der Waals surface area contributed by atoms with E-state index in [0.29, 0.717) is 31.7 Å². The Balaban J connectivity index is 1.52. The Morgan fingerprint density at radius 2 is 1.40 bits per heavy atom. The van der Waals surface area contributed by atoms with E-state index in [1.807, 2.05) is 0 Å². The van der Waals surface area contributed by atoms with Crippen LogP contribution in [0.4, 0.5) is 4.39 Å². The molecule has 2 amide bonds. The summed E-state index contributed by atoms with van der Waals surface area (Å²) in [5.74, 6) is -9.25. The summed E-state index contributed by atoms with van der Waals surface area (Å²) in [5.41, 5.74) is -0.625. The summed E-state index contributed by atoms with van der Waals surface area (Å²) in [5, 5.41) is 145. The van der Waals surface area contributed by atoms with Gasteiger partial charge >= 0.3 is 11.9 Å². The fourth-order valence-electron chi connectivity index (χ4n) is 9.18. The number of aliphatic hydroxyl groups excluding tert-OH is 11. The third kappa shape index (κ3) is 15.2. The number of carbonyl (C=O) groups excluding carboxylic acids is 3. The number of esters is 1. The van der Waals surface area contributed by atoms with E-state index in [2.05, 4.69) is 15.4 Å². The van der Waals surface area contributed by atoms with Gasteiger partial charge in [-0.05, 0) is 38.0 Å². The summed E-state index contributed by atoms with van der Waals surface area (Å²) < 4.78 is 67.0. The van der Waals surface area contributed by atoms with Gasteiger partial charge in [0.15, 0.2) is 18.9 Å². The lowest BCUT2D eigenvalue weighted by Crippen LogP contribution is -2.71. The maximum Gasteiger partial charge on any atom is 0.364 e. The van der Waals surface area contributed by atoms with Gasteiger partial charge in [0, 0.05) is 26.4 Å². The lowest BCUT2D eigenvalue weighted by molar-refractivity contribution is -0.391. The zero-order chi connectivity index (χ0) is 55.5. The number of ether oxygens (including phenoxy) is 9. The number of phenolic OH excluding ortho intramolecular Hbond substituents is 1. The van der Waals surface area contributed by atoms with Gasteiger partial charge in [0.25, 0.3) is 11.7 Å². The Hall–Kier alpha value is -3.93. The predicted molar refractivity (Wildman–Crippen MR) is 243 cm³/mol. The van der Waals surface area contributed by atoms with Crippen LogP contribution in [0.25, 0.3) is 0 Å². The van der Waals surface area contributed by atoms with Crippen molar-refractivity contribution in [3.8, 4) is 5.75 Å². The molecule has 4 heterocycles. The molecule has 4 fully saturated rings. The molecule has 0 aliphatic carbocycles. The summed E-state index contributed by atoms with van der Waals surface area (Å²) in [6, 6.07) is -0.975. The van der Waals surface area contributed by atoms with Crippen LogP contribution in [0.2, 0.25) is 0 Å². The molecule has 0 bridgehead atoms. The van der Waals surface area contributed by atoms with Crippen LogP contribution < -0.4 is 10.6 Å². The average Bonchev–Trinajstić information content (AvgIpc) is 3.38. The number of nitrogens with one attached hydrogen (secondary N) is 2. The van der Waals surface area contributed by atoms with Crippen molar-refractivity contribution in [1.29, 1.82) is 0 Å². The van der Waals surface area contributed by atoms with E-state index in [-0.39, 0.29) is 19.0 Å². The first-order valence-electron chi connectivity index (χ1n) is 24.4. The summed E-state index contributed by atoms with van der Waals surface area (Å²) in [6.45, 7) is -1.04. The molecule has 21 atom stereocenters. The number of amides is 2. The second-order valence-corrected chi connectivity index (χ2v) is 18.8. The van der Waals surface area contributed by atoms with Crippen LogP contribution in [0.5, 0.6) is 5.75 Å². The number of methoxy groups -OCH3 is 1. The molecule has 29 heteroatoms. The number of carboxylic acid groups (broad SMARTS) is 1. The molecular weight excluding hydrogens is 1020 g/mol. The van der Waals surface area contributed by atoms with Crippen molar-refractivity contribution < 1.29 is 133 Å². The van der Waals surface area contributed by atoms with Crippen molar-refractivity contribution in [2.45, 2.75) is 194 Å². The number of halogens is 1. The van der Waals surface area contributed by atoms with Crippen LogP contribution in [0.1, 0.15) is 75.6 Å². The average molecular weight is 1090 g/mol. The molecule has 15 N–H and O–H groups in total. The largest absolute Gasteiger partial charge is 0.507 e. The summed E-state index contributed by atoms with van der Waals surface area (Å²) in [6.07, 6.45) is -32.5. The Morgan fingerprint density at radius 3 is 2.03 bits per heavy atom. The normalized spacial score (nSPS) is 37.0. The molecule has 1 aromatic rings. The zero-order valence-electron chi connectivity index (χ0n) is 41.3. The van der Waals surface area contributed by atoms with Crippen LogP contribution in [0.15, 0.2) is 18.2 Å².